The molecule has 0 saturated carbocycles. The molecule has 0 atom stereocenters. The van der Waals surface area contributed by atoms with Crippen molar-refractivity contribution in [3.8, 4) is 5.75 Å². The fourth-order valence-electron chi connectivity index (χ4n) is 3.58. The lowest BCUT2D eigenvalue weighted by atomic mass is 10.1. The highest BCUT2D eigenvalue weighted by Gasteiger charge is 2.28. The van der Waals surface area contributed by atoms with E-state index >= 15 is 0 Å². The first-order chi connectivity index (χ1) is 17.7. The van der Waals surface area contributed by atoms with E-state index in [9.17, 15) is 21.6 Å². The quantitative estimate of drug-likeness (QED) is 0.365. The molecule has 204 valence electrons. The third-order valence-electron chi connectivity index (χ3n) is 5.61. The summed E-state index contributed by atoms with van der Waals surface area (Å²) in [4.78, 5) is 13.1. The number of hydrogen-bond donors (Lipinski definition) is 2. The van der Waals surface area contributed by atoms with Gasteiger partial charge in [0.1, 0.15) is 12.3 Å². The summed E-state index contributed by atoms with van der Waals surface area (Å²) in [6.45, 7) is 6.52. The molecule has 0 radical (unpaired) electrons. The minimum Gasteiger partial charge on any atom is -0.495 e. The van der Waals surface area contributed by atoms with Crippen molar-refractivity contribution in [3.63, 3.8) is 0 Å². The predicted octanol–water partition coefficient (Wildman–Crippen LogP) is 4.49. The summed E-state index contributed by atoms with van der Waals surface area (Å²) in [6, 6.07) is 14.4. The lowest BCUT2D eigenvalue weighted by Gasteiger charge is -2.25. The van der Waals surface area contributed by atoms with Gasteiger partial charge in [0, 0.05) is 11.1 Å². The highest BCUT2D eigenvalue weighted by molar-refractivity contribution is 7.92. The second-order valence-corrected chi connectivity index (χ2v) is 12.9. The Labute approximate surface area is 228 Å². The first-order valence-corrected chi connectivity index (χ1v) is 14.9. The van der Waals surface area contributed by atoms with Crippen molar-refractivity contribution in [1.82, 2.24) is 4.72 Å². The number of hydrogen-bond acceptors (Lipinski definition) is 6. The molecule has 12 heteroatoms. The molecule has 1 amide bonds. The van der Waals surface area contributed by atoms with Gasteiger partial charge in [0.05, 0.1) is 28.3 Å². The van der Waals surface area contributed by atoms with Gasteiger partial charge in [-0.25, -0.2) is 21.6 Å². The zero-order valence-electron chi connectivity index (χ0n) is 21.6. The van der Waals surface area contributed by atoms with Crippen LogP contribution in [0, 0.1) is 13.8 Å². The van der Waals surface area contributed by atoms with Crippen LogP contribution in [0.2, 0.25) is 5.02 Å². The maximum atomic E-state index is 13.6. The number of amides is 1. The topological polar surface area (TPSA) is 122 Å². The Morgan fingerprint density at radius 3 is 2.13 bits per heavy atom. The average molecular weight is 580 g/mol. The van der Waals surface area contributed by atoms with Crippen molar-refractivity contribution in [3.05, 3.63) is 76.8 Å². The van der Waals surface area contributed by atoms with Gasteiger partial charge in [0.2, 0.25) is 15.9 Å². The Hall–Kier alpha value is -3.12. The van der Waals surface area contributed by atoms with Crippen molar-refractivity contribution >= 4 is 48.9 Å². The summed E-state index contributed by atoms with van der Waals surface area (Å²) in [5, 5.41) is 2.97. The van der Waals surface area contributed by atoms with Gasteiger partial charge in [0.25, 0.3) is 10.0 Å². The summed E-state index contributed by atoms with van der Waals surface area (Å²) < 4.78 is 61.3. The van der Waals surface area contributed by atoms with Crippen LogP contribution in [0.25, 0.3) is 0 Å². The van der Waals surface area contributed by atoms with E-state index in [1.54, 1.807) is 32.0 Å². The summed E-state index contributed by atoms with van der Waals surface area (Å²) in [5.74, 6) is -0.495. The molecule has 0 aromatic heterocycles. The number of carbonyl (C=O) groups excluding carboxylic acids is 1. The zero-order chi connectivity index (χ0) is 28.3. The van der Waals surface area contributed by atoms with Crippen LogP contribution in [0.3, 0.4) is 0 Å². The molecule has 0 fully saturated rings. The van der Waals surface area contributed by atoms with Crippen LogP contribution in [0.1, 0.15) is 25.0 Å². The monoisotopic (exact) mass is 579 g/mol. The molecule has 9 nitrogen and oxygen atoms in total. The van der Waals surface area contributed by atoms with Crippen molar-refractivity contribution in [2.45, 2.75) is 43.5 Å². The largest absolute Gasteiger partial charge is 0.495 e. The lowest BCUT2D eigenvalue weighted by Crippen LogP contribution is -2.38. The molecule has 0 saturated heterocycles. The molecule has 3 aromatic rings. The Balaban J connectivity index is 2.00. The number of nitrogens with zero attached hydrogens (tertiary/aromatic N) is 1. The Morgan fingerprint density at radius 2 is 1.55 bits per heavy atom. The van der Waals surface area contributed by atoms with Crippen LogP contribution in [0.15, 0.2) is 70.5 Å². The van der Waals surface area contributed by atoms with E-state index in [4.69, 9.17) is 16.3 Å². The maximum absolute atomic E-state index is 13.6. The van der Waals surface area contributed by atoms with Gasteiger partial charge in [0.15, 0.2) is 0 Å². The minimum atomic E-state index is -4.17. The number of methoxy groups -OCH3 is 1. The van der Waals surface area contributed by atoms with Crippen LogP contribution >= 0.6 is 11.6 Å². The van der Waals surface area contributed by atoms with Crippen LogP contribution in [0.4, 0.5) is 11.4 Å². The van der Waals surface area contributed by atoms with E-state index < -0.39 is 32.5 Å². The zero-order valence-corrected chi connectivity index (χ0v) is 24.0. The first-order valence-electron chi connectivity index (χ1n) is 11.6. The fraction of sp³-hybridized carbons (Fsp3) is 0.269. The molecule has 3 rings (SSSR count). The number of rotatable bonds is 10. The first kappa shape index (κ1) is 29.4. The summed E-state index contributed by atoms with van der Waals surface area (Å²) in [7, 11) is -6.65. The van der Waals surface area contributed by atoms with E-state index in [2.05, 4.69) is 10.0 Å². The number of sulfonamides is 2. The van der Waals surface area contributed by atoms with Gasteiger partial charge in [-0.3, -0.25) is 9.10 Å². The normalized spacial score (nSPS) is 11.9. The van der Waals surface area contributed by atoms with E-state index in [1.807, 2.05) is 13.8 Å². The predicted molar refractivity (Wildman–Crippen MR) is 149 cm³/mol. The summed E-state index contributed by atoms with van der Waals surface area (Å²) >= 11 is 5.94. The van der Waals surface area contributed by atoms with Gasteiger partial charge in [-0.15, -0.1) is 0 Å². The Bertz CT molecular complexity index is 1540. The van der Waals surface area contributed by atoms with Gasteiger partial charge >= 0.3 is 0 Å². The number of anilines is 2. The van der Waals surface area contributed by atoms with Crippen LogP contribution in [-0.4, -0.2) is 42.4 Å². The third kappa shape index (κ3) is 6.84. The third-order valence-corrected chi connectivity index (χ3v) is 9.31. The molecular weight excluding hydrogens is 550 g/mol. The van der Waals surface area contributed by atoms with Crippen molar-refractivity contribution in [1.29, 1.82) is 0 Å². The van der Waals surface area contributed by atoms with Crippen molar-refractivity contribution in [2.75, 3.05) is 23.3 Å². The molecule has 0 aliphatic carbocycles. The smallest absolute Gasteiger partial charge is 0.264 e. The van der Waals surface area contributed by atoms with Crippen molar-refractivity contribution < 1.29 is 26.4 Å². The van der Waals surface area contributed by atoms with E-state index in [-0.39, 0.29) is 27.3 Å². The molecule has 0 aliphatic heterocycles. The van der Waals surface area contributed by atoms with Crippen LogP contribution in [0.5, 0.6) is 5.75 Å². The second-order valence-electron chi connectivity index (χ2n) is 8.92. The number of aryl methyl sites for hydroxylation is 2. The number of benzene rings is 3. The van der Waals surface area contributed by atoms with Gasteiger partial charge in [-0.2, -0.15) is 0 Å². The molecule has 0 spiro atoms. The molecule has 0 bridgehead atoms. The SMILES string of the molecule is COc1ccc(S(=O)(=O)NC(C)C)cc1NC(=O)CN(c1ccc(C)c(C)c1)S(=O)(=O)c1ccc(Cl)cc1. The number of nitrogens with one attached hydrogen (secondary N) is 2. The maximum Gasteiger partial charge on any atom is 0.264 e. The average Bonchev–Trinajstić information content (AvgIpc) is 2.83. The van der Waals surface area contributed by atoms with Crippen LogP contribution < -0.4 is 19.1 Å². The molecule has 0 unspecified atom stereocenters. The molecule has 0 heterocycles. The van der Waals surface area contributed by atoms with Gasteiger partial charge in [-0.05, 0) is 93.4 Å². The summed E-state index contributed by atoms with van der Waals surface area (Å²) in [5.41, 5.74) is 2.17. The minimum absolute atomic E-state index is 0.0432. The van der Waals surface area contributed by atoms with E-state index in [0.717, 1.165) is 15.4 Å². The lowest BCUT2D eigenvalue weighted by molar-refractivity contribution is -0.114. The number of carbonyl (C=O) groups is 1. The van der Waals surface area contributed by atoms with Crippen molar-refractivity contribution in [2.24, 2.45) is 0 Å². The van der Waals surface area contributed by atoms with E-state index in [0.29, 0.717) is 10.7 Å². The number of halogens is 1. The standard InChI is InChI=1S/C26H30ClN3O6S2/c1-17(2)29-37(32,33)23-12-13-25(36-5)24(15-23)28-26(31)16-30(21-9-6-18(3)19(4)14-21)38(34,35)22-10-7-20(27)8-11-22/h6-15,17,29H,16H2,1-5H3,(H,28,31). The molecule has 38 heavy (non-hydrogen) atoms. The van der Waals surface area contributed by atoms with E-state index in [1.165, 1.54) is 49.6 Å². The Morgan fingerprint density at radius 1 is 0.921 bits per heavy atom. The molecular formula is C26H30ClN3O6S2. The number of ether oxygens (including phenoxy) is 1. The van der Waals surface area contributed by atoms with Crippen LogP contribution in [-0.2, 0) is 24.8 Å². The highest BCUT2D eigenvalue weighted by Crippen LogP contribution is 2.29. The van der Waals surface area contributed by atoms with Gasteiger partial charge in [-0.1, -0.05) is 17.7 Å². The van der Waals surface area contributed by atoms with Gasteiger partial charge < -0.3 is 10.1 Å². The molecule has 0 aliphatic rings. The fourth-order valence-corrected chi connectivity index (χ4v) is 6.40. The highest BCUT2D eigenvalue weighted by atomic mass is 35.5. The second kappa shape index (κ2) is 11.7. The summed E-state index contributed by atoms with van der Waals surface area (Å²) in [6.07, 6.45) is 0. The Kier molecular flexibility index (Phi) is 9.09. The molecule has 3 aromatic carbocycles. The molecule has 2 N–H and O–H groups in total.